The smallest absolute Gasteiger partial charge is 0.310 e. The predicted octanol–water partition coefficient (Wildman–Crippen LogP) is 2.91. The summed E-state index contributed by atoms with van der Waals surface area (Å²) in [4.78, 5) is 25.5. The molecule has 0 aromatic heterocycles. The molecule has 5 aliphatic heterocycles. The molecular weight excluding hydrogens is 468 g/mol. The van der Waals surface area contributed by atoms with E-state index in [4.69, 9.17) is 28.4 Å². The van der Waals surface area contributed by atoms with Gasteiger partial charge in [-0.15, -0.1) is 0 Å². The third-order valence-corrected chi connectivity index (χ3v) is 10.8. The lowest BCUT2D eigenvalue weighted by atomic mass is 9.40. The number of esters is 2. The van der Waals surface area contributed by atoms with Gasteiger partial charge in [-0.2, -0.15) is 0 Å². The molecule has 36 heavy (non-hydrogen) atoms. The molecule has 2 saturated carbocycles. The van der Waals surface area contributed by atoms with E-state index in [0.717, 1.165) is 12.8 Å². The highest BCUT2D eigenvalue weighted by atomic mass is 16.7. The van der Waals surface area contributed by atoms with Crippen LogP contribution in [0.25, 0.3) is 0 Å². The van der Waals surface area contributed by atoms with Crippen LogP contribution in [0.4, 0.5) is 0 Å². The van der Waals surface area contributed by atoms with Crippen molar-refractivity contribution >= 4 is 11.9 Å². The fraction of sp³-hybridized carbons (Fsp3) is 0.926. The van der Waals surface area contributed by atoms with E-state index in [1.165, 1.54) is 6.92 Å². The molecule has 0 aromatic rings. The first kappa shape index (κ1) is 25.0. The third-order valence-electron chi connectivity index (χ3n) is 10.8. The predicted molar refractivity (Wildman–Crippen MR) is 124 cm³/mol. The van der Waals surface area contributed by atoms with Gasteiger partial charge in [0.2, 0.25) is 6.29 Å². The Kier molecular flexibility index (Phi) is 5.82. The number of hydrogen-bond donors (Lipinski definition) is 1. The second-order valence-electron chi connectivity index (χ2n) is 12.5. The van der Waals surface area contributed by atoms with Gasteiger partial charge in [-0.3, -0.25) is 9.59 Å². The summed E-state index contributed by atoms with van der Waals surface area (Å²) in [5.74, 6) is -0.618. The first-order chi connectivity index (χ1) is 17.0. The molecule has 5 heterocycles. The van der Waals surface area contributed by atoms with Gasteiger partial charge in [-0.1, -0.05) is 27.7 Å². The number of carbonyl (C=O) groups excluding carboxylic acids is 2. The van der Waals surface area contributed by atoms with Crippen LogP contribution in [0.15, 0.2) is 0 Å². The highest BCUT2D eigenvalue weighted by Gasteiger charge is 2.83. The van der Waals surface area contributed by atoms with E-state index in [1.54, 1.807) is 0 Å². The number of carbonyl (C=O) groups is 2. The average Bonchev–Trinajstić information content (AvgIpc) is 3.31. The summed E-state index contributed by atoms with van der Waals surface area (Å²) < 4.78 is 37.2. The van der Waals surface area contributed by atoms with Gasteiger partial charge < -0.3 is 33.5 Å². The molecule has 9 heteroatoms. The van der Waals surface area contributed by atoms with E-state index in [-0.39, 0.29) is 53.2 Å². The zero-order valence-electron chi connectivity index (χ0n) is 21.9. The van der Waals surface area contributed by atoms with E-state index in [9.17, 15) is 14.7 Å². The maximum atomic E-state index is 13.1. The fourth-order valence-electron chi connectivity index (χ4n) is 8.52. The highest BCUT2D eigenvalue weighted by Crippen LogP contribution is 2.74. The van der Waals surface area contributed by atoms with Gasteiger partial charge in [-0.25, -0.2) is 0 Å². The van der Waals surface area contributed by atoms with Crippen molar-refractivity contribution < 1.29 is 43.1 Å². The molecule has 9 nitrogen and oxygen atoms in total. The summed E-state index contributed by atoms with van der Waals surface area (Å²) in [5.41, 5.74) is -1.70. The number of epoxide rings is 1. The Balaban J connectivity index is 1.43. The van der Waals surface area contributed by atoms with E-state index in [2.05, 4.69) is 13.8 Å². The largest absolute Gasteiger partial charge is 0.462 e. The van der Waals surface area contributed by atoms with Crippen LogP contribution in [0.5, 0.6) is 0 Å². The number of fused-ring (bicyclic) bond motifs is 2. The lowest BCUT2D eigenvalue weighted by molar-refractivity contribution is -0.377. The van der Waals surface area contributed by atoms with Crippen LogP contribution in [0.2, 0.25) is 0 Å². The van der Waals surface area contributed by atoms with Crippen molar-refractivity contribution in [2.24, 2.45) is 34.5 Å². The van der Waals surface area contributed by atoms with Crippen molar-refractivity contribution in [2.75, 3.05) is 6.61 Å². The molecule has 202 valence electrons. The van der Waals surface area contributed by atoms with Gasteiger partial charge in [0.15, 0.2) is 12.6 Å². The van der Waals surface area contributed by atoms with E-state index in [0.29, 0.717) is 32.3 Å². The van der Waals surface area contributed by atoms with Crippen molar-refractivity contribution in [3.05, 3.63) is 0 Å². The molecule has 7 aliphatic rings. The Bertz CT molecular complexity index is 905. The van der Waals surface area contributed by atoms with Crippen molar-refractivity contribution in [3.8, 4) is 0 Å². The number of aliphatic hydroxyl groups excluding tert-OH is 1. The van der Waals surface area contributed by atoms with Crippen LogP contribution in [-0.2, 0) is 38.0 Å². The minimum absolute atomic E-state index is 0.0171. The van der Waals surface area contributed by atoms with Crippen LogP contribution in [0, 0.1) is 34.5 Å². The second kappa shape index (κ2) is 8.37. The Labute approximate surface area is 212 Å². The van der Waals surface area contributed by atoms with Crippen molar-refractivity contribution in [2.45, 2.75) is 116 Å². The molecule has 5 saturated heterocycles. The molecule has 0 amide bonds. The summed E-state index contributed by atoms with van der Waals surface area (Å²) in [6, 6.07) is 0. The Hall–Kier alpha value is -1.26. The summed E-state index contributed by atoms with van der Waals surface area (Å²) in [6.07, 6.45) is 1.36. The summed E-state index contributed by atoms with van der Waals surface area (Å²) in [7, 11) is 0. The van der Waals surface area contributed by atoms with Gasteiger partial charge >= 0.3 is 11.9 Å². The van der Waals surface area contributed by atoms with E-state index >= 15 is 0 Å². The second-order valence-corrected chi connectivity index (χ2v) is 12.5. The molecule has 13 atom stereocenters. The zero-order chi connectivity index (χ0) is 25.6. The molecule has 2 spiro atoms. The summed E-state index contributed by atoms with van der Waals surface area (Å²) >= 11 is 0. The molecule has 0 radical (unpaired) electrons. The summed E-state index contributed by atoms with van der Waals surface area (Å²) in [6.45, 7) is 10.3. The van der Waals surface area contributed by atoms with Crippen LogP contribution < -0.4 is 0 Å². The fourth-order valence-corrected chi connectivity index (χ4v) is 8.52. The van der Waals surface area contributed by atoms with Crippen LogP contribution in [-0.4, -0.2) is 66.4 Å². The normalized spacial score (nSPS) is 53.6. The van der Waals surface area contributed by atoms with Crippen molar-refractivity contribution in [1.82, 2.24) is 0 Å². The van der Waals surface area contributed by atoms with E-state index < -0.39 is 36.0 Å². The number of aliphatic hydroxyl groups is 1. The van der Waals surface area contributed by atoms with Gasteiger partial charge in [0.25, 0.3) is 0 Å². The standard InChI is InChI=1S/C27H40O9/c1-6-13(2)22(30)36-24-27-18(10-17(33-24)11-26(27)12-31-26)25(5,14(3)7-20(27)32-15(4)28)19-8-16-9-21(29)35-23(16)34-19/h13-14,16-21,23-24,29H,6-12H2,1-5H3/t13?,14-,16+,17-,18-,19+,20+,21+,23-,24-,25+,26+,27+/m1/s1. The Morgan fingerprint density at radius 2 is 1.86 bits per heavy atom. The Morgan fingerprint density at radius 3 is 2.50 bits per heavy atom. The maximum Gasteiger partial charge on any atom is 0.310 e. The lowest BCUT2D eigenvalue weighted by Gasteiger charge is -2.69. The van der Waals surface area contributed by atoms with Crippen molar-refractivity contribution in [3.63, 3.8) is 0 Å². The lowest BCUT2D eigenvalue weighted by Crippen LogP contribution is -2.77. The van der Waals surface area contributed by atoms with Crippen LogP contribution in [0.3, 0.4) is 0 Å². The van der Waals surface area contributed by atoms with Gasteiger partial charge in [0.05, 0.1) is 24.7 Å². The minimum Gasteiger partial charge on any atom is -0.462 e. The highest BCUT2D eigenvalue weighted by molar-refractivity contribution is 5.72. The minimum atomic E-state index is -0.853. The zero-order valence-corrected chi connectivity index (χ0v) is 21.9. The monoisotopic (exact) mass is 508 g/mol. The number of rotatable bonds is 5. The first-order valence-electron chi connectivity index (χ1n) is 13.7. The molecule has 2 aliphatic carbocycles. The van der Waals surface area contributed by atoms with Crippen molar-refractivity contribution in [1.29, 1.82) is 0 Å². The molecule has 7 fully saturated rings. The quantitative estimate of drug-likeness (QED) is 0.442. The first-order valence-corrected chi connectivity index (χ1v) is 13.7. The molecule has 1 N–H and O–H groups in total. The van der Waals surface area contributed by atoms with Gasteiger partial charge in [0, 0.05) is 31.1 Å². The Morgan fingerprint density at radius 1 is 1.11 bits per heavy atom. The average molecular weight is 509 g/mol. The molecule has 1 unspecified atom stereocenters. The molecule has 2 bridgehead atoms. The number of ether oxygens (including phenoxy) is 6. The van der Waals surface area contributed by atoms with Gasteiger partial charge in [-0.05, 0) is 37.5 Å². The molecular formula is C27H40O9. The van der Waals surface area contributed by atoms with Crippen LogP contribution in [0.1, 0.15) is 73.1 Å². The number of hydrogen-bond acceptors (Lipinski definition) is 9. The molecule has 0 aromatic carbocycles. The summed E-state index contributed by atoms with van der Waals surface area (Å²) in [5, 5.41) is 9.97. The topological polar surface area (TPSA) is 113 Å². The molecule has 7 rings (SSSR count). The third kappa shape index (κ3) is 3.32. The van der Waals surface area contributed by atoms with Gasteiger partial charge in [0.1, 0.15) is 17.1 Å². The SMILES string of the molecule is CCC(C)C(=O)O[C@H]1O[C@@H]2C[C@@H]3[C@@](C)([C@@H]4C[C@H]5C[C@@H](O)O[C@H]5O4)[C@H](C)C[C@H](OC(C)=O)[C@]13[C@@]1(CO1)C2. The maximum absolute atomic E-state index is 13.1. The van der Waals surface area contributed by atoms with E-state index in [1.807, 2.05) is 13.8 Å². The van der Waals surface area contributed by atoms with Crippen LogP contribution >= 0.6 is 0 Å².